The topological polar surface area (TPSA) is 58.4 Å². The van der Waals surface area contributed by atoms with Gasteiger partial charge in [0.15, 0.2) is 0 Å². The van der Waals surface area contributed by atoms with Crippen LogP contribution in [0.3, 0.4) is 0 Å². The van der Waals surface area contributed by atoms with Crippen LogP contribution < -0.4 is 16.2 Å². The Bertz CT molecular complexity index is 565. The van der Waals surface area contributed by atoms with Crippen molar-refractivity contribution in [3.05, 3.63) is 29.3 Å². The number of nitrogens with zero attached hydrogens (tertiary/aromatic N) is 1. The predicted octanol–water partition coefficient (Wildman–Crippen LogP) is 3.10. The maximum Gasteiger partial charge on any atom is 0.256 e. The zero-order valence-corrected chi connectivity index (χ0v) is 14.6. The molecule has 0 saturated heterocycles. The summed E-state index contributed by atoms with van der Waals surface area (Å²) in [4.78, 5) is 14.7. The smallest absolute Gasteiger partial charge is 0.256 e. The molecule has 3 N–H and O–H groups in total. The van der Waals surface area contributed by atoms with E-state index in [0.717, 1.165) is 6.42 Å². The largest absolute Gasteiger partial charge is 0.354 e. The van der Waals surface area contributed by atoms with Gasteiger partial charge in [-0.1, -0.05) is 32.9 Å². The lowest BCUT2D eigenvalue weighted by Crippen LogP contribution is -2.61. The molecule has 122 valence electrons. The van der Waals surface area contributed by atoms with Gasteiger partial charge in [-0.25, -0.2) is 5.84 Å². The summed E-state index contributed by atoms with van der Waals surface area (Å²) in [6, 6.07) is 6.29. The number of aryl methyl sites for hydroxylation is 1. The SMILES string of the molecule is Cc1ccc2c(c1)N([C@H](C(=O)NN)C(C)C)C(C)(C)C[C@@H]2C. The first kappa shape index (κ1) is 16.8. The monoisotopic (exact) mass is 303 g/mol. The molecule has 1 aliphatic heterocycles. The molecular weight excluding hydrogens is 274 g/mol. The first-order valence-electron chi connectivity index (χ1n) is 8.09. The normalized spacial score (nSPS) is 21.5. The summed E-state index contributed by atoms with van der Waals surface area (Å²) < 4.78 is 0. The molecule has 1 amide bonds. The zero-order chi connectivity index (χ0) is 16.7. The number of carbonyl (C=O) groups is 1. The summed E-state index contributed by atoms with van der Waals surface area (Å²) in [6.07, 6.45) is 1.02. The van der Waals surface area contributed by atoms with Crippen molar-refractivity contribution in [2.75, 3.05) is 4.90 Å². The third kappa shape index (κ3) is 2.84. The van der Waals surface area contributed by atoms with Crippen molar-refractivity contribution in [3.63, 3.8) is 0 Å². The van der Waals surface area contributed by atoms with Gasteiger partial charge in [-0.3, -0.25) is 10.2 Å². The van der Waals surface area contributed by atoms with E-state index in [1.165, 1.54) is 16.8 Å². The van der Waals surface area contributed by atoms with Gasteiger partial charge >= 0.3 is 0 Å². The van der Waals surface area contributed by atoms with Gasteiger partial charge in [0, 0.05) is 11.2 Å². The number of fused-ring (bicyclic) bond motifs is 1. The number of hydrogen-bond donors (Lipinski definition) is 2. The number of anilines is 1. The molecule has 0 unspecified atom stereocenters. The van der Waals surface area contributed by atoms with Crippen molar-refractivity contribution in [1.29, 1.82) is 0 Å². The third-order valence-corrected chi connectivity index (χ3v) is 4.75. The van der Waals surface area contributed by atoms with Crippen LogP contribution in [-0.2, 0) is 4.79 Å². The molecule has 22 heavy (non-hydrogen) atoms. The number of benzene rings is 1. The van der Waals surface area contributed by atoms with Gasteiger partial charge in [-0.2, -0.15) is 0 Å². The lowest BCUT2D eigenvalue weighted by Gasteiger charge is -2.51. The van der Waals surface area contributed by atoms with Gasteiger partial charge < -0.3 is 4.90 Å². The predicted molar refractivity (Wildman–Crippen MR) is 91.7 cm³/mol. The Kier molecular flexibility index (Phi) is 4.52. The molecule has 0 saturated carbocycles. The lowest BCUT2D eigenvalue weighted by atomic mass is 9.77. The minimum atomic E-state index is -0.270. The second-order valence-electron chi connectivity index (χ2n) is 7.55. The van der Waals surface area contributed by atoms with Crippen LogP contribution in [0.25, 0.3) is 0 Å². The van der Waals surface area contributed by atoms with Crippen LogP contribution in [0.4, 0.5) is 5.69 Å². The Morgan fingerprint density at radius 3 is 2.59 bits per heavy atom. The Morgan fingerprint density at radius 1 is 1.41 bits per heavy atom. The van der Waals surface area contributed by atoms with Gasteiger partial charge in [-0.05, 0) is 56.2 Å². The summed E-state index contributed by atoms with van der Waals surface area (Å²) in [5.74, 6) is 5.99. The molecule has 0 aliphatic carbocycles. The summed E-state index contributed by atoms with van der Waals surface area (Å²) in [5, 5.41) is 0. The zero-order valence-electron chi connectivity index (χ0n) is 14.6. The fourth-order valence-corrected chi connectivity index (χ4v) is 3.89. The molecule has 0 bridgehead atoms. The van der Waals surface area contributed by atoms with Gasteiger partial charge in [0.05, 0.1) is 0 Å². The molecule has 0 spiro atoms. The maximum absolute atomic E-state index is 12.4. The Labute approximate surface area is 134 Å². The number of amides is 1. The standard InChI is InChI=1S/C18H29N3O/c1-11(2)16(17(22)20-19)21-15-9-12(3)7-8-14(15)13(4)10-18(21,5)6/h7-9,11,13,16H,10,19H2,1-6H3,(H,20,22)/t13-,16-/m0/s1. The number of hydrazine groups is 1. The van der Waals surface area contributed by atoms with Crippen molar-refractivity contribution < 1.29 is 4.79 Å². The van der Waals surface area contributed by atoms with Crippen molar-refractivity contribution in [2.24, 2.45) is 11.8 Å². The quantitative estimate of drug-likeness (QED) is 0.512. The van der Waals surface area contributed by atoms with Gasteiger partial charge in [0.2, 0.25) is 0 Å². The van der Waals surface area contributed by atoms with Crippen LogP contribution in [0, 0.1) is 12.8 Å². The lowest BCUT2D eigenvalue weighted by molar-refractivity contribution is -0.123. The average Bonchev–Trinajstić information content (AvgIpc) is 2.41. The third-order valence-electron chi connectivity index (χ3n) is 4.75. The molecule has 2 rings (SSSR count). The highest BCUT2D eigenvalue weighted by Crippen LogP contribution is 2.45. The van der Waals surface area contributed by atoms with Crippen LogP contribution in [0.2, 0.25) is 0 Å². The number of nitrogens with two attached hydrogens (primary N) is 1. The molecule has 1 aromatic carbocycles. The van der Waals surface area contributed by atoms with Crippen LogP contribution >= 0.6 is 0 Å². The molecule has 0 fully saturated rings. The van der Waals surface area contributed by atoms with Crippen molar-refractivity contribution in [1.82, 2.24) is 5.43 Å². The van der Waals surface area contributed by atoms with Gasteiger partial charge in [0.1, 0.15) is 6.04 Å². The average molecular weight is 303 g/mol. The fraction of sp³-hybridized carbons (Fsp3) is 0.611. The molecule has 4 nitrogen and oxygen atoms in total. The Morgan fingerprint density at radius 2 is 2.05 bits per heavy atom. The molecule has 0 aromatic heterocycles. The highest BCUT2D eigenvalue weighted by atomic mass is 16.2. The number of rotatable bonds is 3. The van der Waals surface area contributed by atoms with E-state index < -0.39 is 0 Å². The molecule has 1 heterocycles. The van der Waals surface area contributed by atoms with Crippen molar-refractivity contribution in [2.45, 2.75) is 65.5 Å². The van der Waals surface area contributed by atoms with Gasteiger partial charge in [-0.15, -0.1) is 0 Å². The van der Waals surface area contributed by atoms with E-state index in [4.69, 9.17) is 5.84 Å². The molecule has 4 heteroatoms. The van der Waals surface area contributed by atoms with E-state index in [1.807, 2.05) is 0 Å². The van der Waals surface area contributed by atoms with Gasteiger partial charge in [0.25, 0.3) is 5.91 Å². The van der Waals surface area contributed by atoms with Crippen LogP contribution in [-0.4, -0.2) is 17.5 Å². The first-order valence-corrected chi connectivity index (χ1v) is 8.09. The summed E-state index contributed by atoms with van der Waals surface area (Å²) in [5.41, 5.74) is 5.97. The van der Waals surface area contributed by atoms with Crippen molar-refractivity contribution in [3.8, 4) is 0 Å². The van der Waals surface area contributed by atoms with E-state index >= 15 is 0 Å². The summed E-state index contributed by atoms with van der Waals surface area (Å²) >= 11 is 0. The second kappa shape index (κ2) is 5.92. The van der Waals surface area contributed by atoms with E-state index in [9.17, 15) is 4.79 Å². The molecule has 0 radical (unpaired) electrons. The minimum absolute atomic E-state index is 0.0956. The summed E-state index contributed by atoms with van der Waals surface area (Å²) in [6.45, 7) is 12.9. The summed E-state index contributed by atoms with van der Waals surface area (Å²) in [7, 11) is 0. The number of carbonyl (C=O) groups excluding carboxylic acids is 1. The highest BCUT2D eigenvalue weighted by molar-refractivity contribution is 5.86. The van der Waals surface area contributed by atoms with Crippen LogP contribution in [0.1, 0.15) is 58.1 Å². The minimum Gasteiger partial charge on any atom is -0.354 e. The highest BCUT2D eigenvalue weighted by Gasteiger charge is 2.43. The molecular formula is C18H29N3O. The van der Waals surface area contributed by atoms with E-state index in [-0.39, 0.29) is 23.4 Å². The Hall–Kier alpha value is -1.55. The fourth-order valence-electron chi connectivity index (χ4n) is 3.89. The maximum atomic E-state index is 12.4. The first-order chi connectivity index (χ1) is 10.2. The number of nitrogens with one attached hydrogen (secondary N) is 1. The molecule has 1 aliphatic rings. The number of hydrogen-bond acceptors (Lipinski definition) is 3. The van der Waals surface area contributed by atoms with Crippen molar-refractivity contribution >= 4 is 11.6 Å². The van der Waals surface area contributed by atoms with E-state index in [1.54, 1.807) is 0 Å². The van der Waals surface area contributed by atoms with E-state index in [2.05, 4.69) is 70.1 Å². The molecule has 1 aromatic rings. The van der Waals surface area contributed by atoms with Crippen LogP contribution in [0.5, 0.6) is 0 Å². The van der Waals surface area contributed by atoms with Crippen LogP contribution in [0.15, 0.2) is 18.2 Å². The molecule has 2 atom stereocenters. The van der Waals surface area contributed by atoms with E-state index in [0.29, 0.717) is 5.92 Å². The Balaban J connectivity index is 2.63. The second-order valence-corrected chi connectivity index (χ2v) is 7.55.